The van der Waals surface area contributed by atoms with E-state index in [9.17, 15) is 4.79 Å². The van der Waals surface area contributed by atoms with E-state index >= 15 is 0 Å². The lowest BCUT2D eigenvalue weighted by atomic mass is 10.1. The van der Waals surface area contributed by atoms with Crippen LogP contribution in [-0.2, 0) is 0 Å². The van der Waals surface area contributed by atoms with Crippen molar-refractivity contribution in [3.05, 3.63) is 57.8 Å². The zero-order valence-electron chi connectivity index (χ0n) is 8.72. The van der Waals surface area contributed by atoms with Gasteiger partial charge in [0.1, 0.15) is 4.60 Å². The lowest BCUT2D eigenvalue weighted by Gasteiger charge is -2.02. The van der Waals surface area contributed by atoms with Crippen LogP contribution in [0.5, 0.6) is 0 Å². The van der Waals surface area contributed by atoms with Gasteiger partial charge in [-0.2, -0.15) is 0 Å². The molecule has 0 saturated carbocycles. The molecule has 0 aliphatic carbocycles. The summed E-state index contributed by atoms with van der Waals surface area (Å²) >= 11 is 3.28. The molecule has 0 aliphatic rings. The standard InChI is InChI=1S/C12H8BrN3O/c13-10-7-16-11(15-10)9(6-14-12(16)17)8-4-2-1-3-5-8/h1-7H,(H,14,17). The Morgan fingerprint density at radius 1 is 1.24 bits per heavy atom. The number of H-pyrrole nitrogens is 1. The number of nitrogens with zero attached hydrogens (tertiary/aromatic N) is 2. The summed E-state index contributed by atoms with van der Waals surface area (Å²) in [6.45, 7) is 0. The highest BCUT2D eigenvalue weighted by molar-refractivity contribution is 9.10. The van der Waals surface area contributed by atoms with Crippen molar-refractivity contribution in [2.24, 2.45) is 0 Å². The summed E-state index contributed by atoms with van der Waals surface area (Å²) in [7, 11) is 0. The molecule has 5 heteroatoms. The van der Waals surface area contributed by atoms with Crippen LogP contribution in [0.4, 0.5) is 0 Å². The summed E-state index contributed by atoms with van der Waals surface area (Å²) < 4.78 is 2.14. The Bertz CT molecular complexity index is 730. The average molecular weight is 290 g/mol. The highest BCUT2D eigenvalue weighted by Gasteiger charge is 2.09. The molecule has 3 aromatic rings. The second-order valence-electron chi connectivity index (χ2n) is 3.63. The average Bonchev–Trinajstić information content (AvgIpc) is 2.73. The maximum absolute atomic E-state index is 11.6. The molecule has 0 fully saturated rings. The van der Waals surface area contributed by atoms with Gasteiger partial charge in [-0.15, -0.1) is 0 Å². The van der Waals surface area contributed by atoms with Gasteiger partial charge in [-0.3, -0.25) is 0 Å². The smallest absolute Gasteiger partial charge is 0.313 e. The number of imidazole rings is 1. The first-order valence-electron chi connectivity index (χ1n) is 5.07. The Kier molecular flexibility index (Phi) is 2.33. The second-order valence-corrected chi connectivity index (χ2v) is 4.44. The Labute approximate surface area is 105 Å². The molecule has 0 bridgehead atoms. The van der Waals surface area contributed by atoms with Crippen LogP contribution < -0.4 is 5.69 Å². The predicted octanol–water partition coefficient (Wildman–Crippen LogP) is 2.45. The monoisotopic (exact) mass is 289 g/mol. The molecule has 84 valence electrons. The van der Waals surface area contributed by atoms with Gasteiger partial charge in [0.15, 0.2) is 5.65 Å². The normalized spacial score (nSPS) is 10.9. The van der Waals surface area contributed by atoms with Gasteiger partial charge in [0.25, 0.3) is 0 Å². The summed E-state index contributed by atoms with van der Waals surface area (Å²) in [5.74, 6) is 0. The van der Waals surface area contributed by atoms with E-state index in [2.05, 4.69) is 25.9 Å². The van der Waals surface area contributed by atoms with Gasteiger partial charge in [0, 0.05) is 18.0 Å². The fraction of sp³-hybridized carbons (Fsp3) is 0. The molecule has 0 unspecified atom stereocenters. The number of benzene rings is 1. The number of hydrogen-bond acceptors (Lipinski definition) is 2. The van der Waals surface area contributed by atoms with E-state index in [0.717, 1.165) is 11.1 Å². The first-order valence-corrected chi connectivity index (χ1v) is 5.87. The second kappa shape index (κ2) is 3.85. The van der Waals surface area contributed by atoms with Crippen molar-refractivity contribution in [3.8, 4) is 11.1 Å². The zero-order chi connectivity index (χ0) is 11.8. The summed E-state index contributed by atoms with van der Waals surface area (Å²) in [4.78, 5) is 18.6. The van der Waals surface area contributed by atoms with E-state index < -0.39 is 0 Å². The van der Waals surface area contributed by atoms with Crippen LogP contribution in [0.15, 0.2) is 52.1 Å². The third-order valence-electron chi connectivity index (χ3n) is 2.56. The predicted molar refractivity (Wildman–Crippen MR) is 68.9 cm³/mol. The Morgan fingerprint density at radius 3 is 2.76 bits per heavy atom. The van der Waals surface area contributed by atoms with Gasteiger partial charge >= 0.3 is 5.69 Å². The third kappa shape index (κ3) is 1.68. The topological polar surface area (TPSA) is 50.2 Å². The van der Waals surface area contributed by atoms with Crippen LogP contribution >= 0.6 is 15.9 Å². The van der Waals surface area contributed by atoms with Crippen molar-refractivity contribution in [2.45, 2.75) is 0 Å². The fourth-order valence-corrected chi connectivity index (χ4v) is 2.17. The molecule has 0 radical (unpaired) electrons. The molecule has 2 heterocycles. The van der Waals surface area contributed by atoms with E-state index in [1.165, 1.54) is 4.40 Å². The molecule has 1 aromatic carbocycles. The Balaban J connectivity index is 2.38. The zero-order valence-corrected chi connectivity index (χ0v) is 10.3. The summed E-state index contributed by atoms with van der Waals surface area (Å²) in [6, 6.07) is 9.82. The molecular weight excluding hydrogens is 282 g/mol. The van der Waals surface area contributed by atoms with Crippen molar-refractivity contribution >= 4 is 21.6 Å². The first-order chi connectivity index (χ1) is 8.25. The van der Waals surface area contributed by atoms with E-state index in [0.29, 0.717) is 10.3 Å². The molecule has 4 nitrogen and oxygen atoms in total. The van der Waals surface area contributed by atoms with Gasteiger partial charge < -0.3 is 4.98 Å². The van der Waals surface area contributed by atoms with E-state index in [-0.39, 0.29) is 5.69 Å². The van der Waals surface area contributed by atoms with Crippen LogP contribution in [-0.4, -0.2) is 14.4 Å². The number of halogens is 1. The SMILES string of the molecule is O=c1[nH]cc(-c2ccccc2)c2nc(Br)cn12. The van der Waals surface area contributed by atoms with E-state index in [1.807, 2.05) is 30.3 Å². The van der Waals surface area contributed by atoms with Gasteiger partial charge in [0.05, 0.1) is 0 Å². The quantitative estimate of drug-likeness (QED) is 0.748. The maximum atomic E-state index is 11.6. The van der Waals surface area contributed by atoms with E-state index in [4.69, 9.17) is 0 Å². The minimum Gasteiger partial charge on any atom is -0.313 e. The summed E-state index contributed by atoms with van der Waals surface area (Å²) in [5, 5.41) is 0. The molecule has 0 aliphatic heterocycles. The fourth-order valence-electron chi connectivity index (χ4n) is 1.79. The minimum atomic E-state index is -0.196. The molecule has 1 N–H and O–H groups in total. The maximum Gasteiger partial charge on any atom is 0.331 e. The minimum absolute atomic E-state index is 0.196. The molecule has 0 atom stereocenters. The van der Waals surface area contributed by atoms with Crippen LogP contribution in [0.25, 0.3) is 16.8 Å². The Morgan fingerprint density at radius 2 is 2.00 bits per heavy atom. The number of rotatable bonds is 1. The Hall–Kier alpha value is -1.88. The molecular formula is C12H8BrN3O. The number of hydrogen-bond donors (Lipinski definition) is 1. The lowest BCUT2D eigenvalue weighted by Crippen LogP contribution is -2.15. The van der Waals surface area contributed by atoms with Crippen LogP contribution in [0.1, 0.15) is 0 Å². The van der Waals surface area contributed by atoms with Gasteiger partial charge in [0.2, 0.25) is 0 Å². The number of nitrogens with one attached hydrogen (secondary N) is 1. The molecule has 17 heavy (non-hydrogen) atoms. The number of aromatic amines is 1. The number of fused-ring (bicyclic) bond motifs is 1. The largest absolute Gasteiger partial charge is 0.331 e. The van der Waals surface area contributed by atoms with Crippen molar-refractivity contribution in [1.82, 2.24) is 14.4 Å². The van der Waals surface area contributed by atoms with Gasteiger partial charge in [-0.25, -0.2) is 14.2 Å². The van der Waals surface area contributed by atoms with Gasteiger partial charge in [-0.1, -0.05) is 30.3 Å². The van der Waals surface area contributed by atoms with Crippen molar-refractivity contribution in [2.75, 3.05) is 0 Å². The summed E-state index contributed by atoms with van der Waals surface area (Å²) in [6.07, 6.45) is 3.34. The molecule has 0 saturated heterocycles. The van der Waals surface area contributed by atoms with Gasteiger partial charge in [-0.05, 0) is 21.5 Å². The molecule has 0 spiro atoms. The summed E-state index contributed by atoms with van der Waals surface area (Å²) in [5.41, 5.74) is 2.37. The number of aromatic nitrogens is 3. The van der Waals surface area contributed by atoms with Crippen LogP contribution in [0.3, 0.4) is 0 Å². The first kappa shape index (κ1) is 10.3. The van der Waals surface area contributed by atoms with E-state index in [1.54, 1.807) is 12.4 Å². The molecule has 2 aromatic heterocycles. The van der Waals surface area contributed by atoms with Crippen molar-refractivity contribution in [3.63, 3.8) is 0 Å². The highest BCUT2D eigenvalue weighted by Crippen LogP contribution is 2.22. The van der Waals surface area contributed by atoms with Crippen LogP contribution in [0, 0.1) is 0 Å². The third-order valence-corrected chi connectivity index (χ3v) is 2.94. The van der Waals surface area contributed by atoms with Crippen LogP contribution in [0.2, 0.25) is 0 Å². The molecule has 3 rings (SSSR count). The highest BCUT2D eigenvalue weighted by atomic mass is 79.9. The lowest BCUT2D eigenvalue weighted by molar-refractivity contribution is 1.00. The van der Waals surface area contributed by atoms with Crippen molar-refractivity contribution in [1.29, 1.82) is 0 Å². The van der Waals surface area contributed by atoms with Crippen molar-refractivity contribution < 1.29 is 0 Å². The molecule has 0 amide bonds.